The first-order valence-corrected chi connectivity index (χ1v) is 12.2. The van der Waals surface area contributed by atoms with Gasteiger partial charge >= 0.3 is 5.97 Å². The van der Waals surface area contributed by atoms with Crippen molar-refractivity contribution in [3.8, 4) is 5.75 Å². The first kappa shape index (κ1) is 19.7. The number of carboxylic acids is 1. The van der Waals surface area contributed by atoms with Crippen molar-refractivity contribution in [2.24, 2.45) is 11.8 Å². The molecule has 6 rings (SSSR count). The Morgan fingerprint density at radius 1 is 1.29 bits per heavy atom. The fourth-order valence-corrected chi connectivity index (χ4v) is 6.87. The number of thiazole rings is 1. The number of aryl methyl sites for hydroxylation is 1. The number of benzene rings is 1. The molecular formula is C24H27NO5S. The van der Waals surface area contributed by atoms with Crippen LogP contribution in [0, 0.1) is 11.8 Å². The molecule has 164 valence electrons. The maximum Gasteiger partial charge on any atom is 0.355 e. The zero-order chi connectivity index (χ0) is 21.2. The SMILES string of the molecule is O=C(O)c1csc([C@H]2CC[C@@H]3[C@@H](COc4ccc5c(c4)C4(CC5)CC4)[C@@H](O)C[C@@H]3O2)n1. The average Bonchev–Trinajstić information content (AvgIpc) is 3.09. The summed E-state index contributed by atoms with van der Waals surface area (Å²) in [7, 11) is 0. The zero-order valence-corrected chi connectivity index (χ0v) is 18.1. The molecule has 1 spiro atoms. The number of rotatable bonds is 5. The highest BCUT2D eigenvalue weighted by molar-refractivity contribution is 7.09. The second-order valence-corrected chi connectivity index (χ2v) is 10.5. The predicted octanol–water partition coefficient (Wildman–Crippen LogP) is 4.12. The minimum atomic E-state index is -1.01. The molecule has 0 bridgehead atoms. The van der Waals surface area contributed by atoms with E-state index in [1.807, 2.05) is 0 Å². The number of hydrogen-bond acceptors (Lipinski definition) is 6. The number of ether oxygens (including phenoxy) is 2. The largest absolute Gasteiger partial charge is 0.493 e. The van der Waals surface area contributed by atoms with Gasteiger partial charge in [-0.25, -0.2) is 9.78 Å². The van der Waals surface area contributed by atoms with Crippen molar-refractivity contribution in [2.75, 3.05) is 6.61 Å². The van der Waals surface area contributed by atoms with Crippen LogP contribution in [0.3, 0.4) is 0 Å². The van der Waals surface area contributed by atoms with Crippen LogP contribution in [0.2, 0.25) is 0 Å². The fraction of sp³-hybridized carbons (Fsp3) is 0.583. The topological polar surface area (TPSA) is 88.9 Å². The Bertz CT molecular complexity index is 1020. The Morgan fingerprint density at radius 3 is 2.94 bits per heavy atom. The van der Waals surface area contributed by atoms with Crippen LogP contribution in [-0.2, 0) is 16.6 Å². The van der Waals surface area contributed by atoms with E-state index in [-0.39, 0.29) is 29.7 Å². The molecule has 31 heavy (non-hydrogen) atoms. The summed E-state index contributed by atoms with van der Waals surface area (Å²) in [5, 5.41) is 22.1. The van der Waals surface area contributed by atoms with Gasteiger partial charge in [0.25, 0.3) is 0 Å². The van der Waals surface area contributed by atoms with Crippen molar-refractivity contribution in [2.45, 2.75) is 68.7 Å². The molecule has 4 aliphatic rings. The number of nitrogens with zero attached hydrogens (tertiary/aromatic N) is 1. The molecule has 2 saturated carbocycles. The number of fused-ring (bicyclic) bond motifs is 3. The van der Waals surface area contributed by atoms with E-state index in [1.54, 1.807) is 5.38 Å². The van der Waals surface area contributed by atoms with Crippen LogP contribution in [0.5, 0.6) is 5.75 Å². The first-order chi connectivity index (χ1) is 15.0. The fourth-order valence-electron chi connectivity index (χ4n) is 6.01. The van der Waals surface area contributed by atoms with Gasteiger partial charge < -0.3 is 19.7 Å². The highest BCUT2D eigenvalue weighted by atomic mass is 32.1. The molecule has 1 aromatic carbocycles. The van der Waals surface area contributed by atoms with E-state index in [1.165, 1.54) is 48.1 Å². The van der Waals surface area contributed by atoms with Crippen molar-refractivity contribution >= 4 is 17.3 Å². The van der Waals surface area contributed by atoms with Crippen molar-refractivity contribution in [1.82, 2.24) is 4.98 Å². The quantitative estimate of drug-likeness (QED) is 0.726. The lowest BCUT2D eigenvalue weighted by molar-refractivity contribution is -0.0811. The van der Waals surface area contributed by atoms with Crippen LogP contribution in [0.15, 0.2) is 23.6 Å². The third kappa shape index (κ3) is 3.38. The number of carbonyl (C=O) groups is 1. The van der Waals surface area contributed by atoms with Crippen molar-refractivity contribution in [1.29, 1.82) is 0 Å². The Labute approximate surface area is 185 Å². The first-order valence-electron chi connectivity index (χ1n) is 11.3. The molecule has 3 fully saturated rings. The number of aliphatic hydroxyl groups is 1. The highest BCUT2D eigenvalue weighted by Crippen LogP contribution is 2.57. The summed E-state index contributed by atoms with van der Waals surface area (Å²) in [6.07, 6.45) is 6.73. The summed E-state index contributed by atoms with van der Waals surface area (Å²) >= 11 is 1.34. The maximum atomic E-state index is 11.1. The number of aliphatic hydroxyl groups excluding tert-OH is 1. The Morgan fingerprint density at radius 2 is 2.16 bits per heavy atom. The predicted molar refractivity (Wildman–Crippen MR) is 115 cm³/mol. The molecule has 2 heterocycles. The van der Waals surface area contributed by atoms with Gasteiger partial charge in [0, 0.05) is 17.7 Å². The molecule has 3 aliphatic carbocycles. The maximum absolute atomic E-state index is 11.1. The van der Waals surface area contributed by atoms with E-state index in [4.69, 9.17) is 14.6 Å². The smallest absolute Gasteiger partial charge is 0.355 e. The van der Waals surface area contributed by atoms with Gasteiger partial charge in [-0.15, -0.1) is 11.3 Å². The molecular weight excluding hydrogens is 414 g/mol. The molecule has 0 unspecified atom stereocenters. The lowest BCUT2D eigenvalue weighted by Gasteiger charge is -2.33. The van der Waals surface area contributed by atoms with E-state index in [0.717, 1.165) is 23.6 Å². The van der Waals surface area contributed by atoms with Gasteiger partial charge in [0.1, 0.15) is 16.9 Å². The standard InChI is InChI=1S/C24H27NO5S/c26-19-10-21-15(3-4-20(30-21)22-25-18(12-31-22)23(27)28)16(19)11-29-14-2-1-13-5-6-24(7-8-24)17(13)9-14/h1-2,9,12,15-16,19-21,26H,3-8,10-11H2,(H,27,28)/t15-,16-,19+,20-,21+/m1/s1. The molecule has 1 aromatic heterocycles. The van der Waals surface area contributed by atoms with Gasteiger partial charge in [-0.2, -0.15) is 0 Å². The molecule has 0 radical (unpaired) electrons. The molecule has 0 amide bonds. The Balaban J connectivity index is 1.11. The number of carboxylic acid groups (broad SMARTS) is 1. The van der Waals surface area contributed by atoms with Gasteiger partial charge in [-0.1, -0.05) is 6.07 Å². The summed E-state index contributed by atoms with van der Waals surface area (Å²) in [6.45, 7) is 0.503. The van der Waals surface area contributed by atoms with E-state index in [9.17, 15) is 9.90 Å². The normalized spacial score (nSPS) is 32.6. The highest BCUT2D eigenvalue weighted by Gasteiger charge is 2.49. The molecule has 7 heteroatoms. The van der Waals surface area contributed by atoms with Gasteiger partial charge in [0.05, 0.1) is 18.8 Å². The summed E-state index contributed by atoms with van der Waals surface area (Å²) in [6, 6.07) is 6.54. The third-order valence-corrected chi connectivity index (χ3v) is 8.87. The molecule has 1 saturated heterocycles. The van der Waals surface area contributed by atoms with E-state index in [0.29, 0.717) is 18.4 Å². The van der Waals surface area contributed by atoms with Crippen LogP contribution in [-0.4, -0.2) is 40.0 Å². The van der Waals surface area contributed by atoms with Crippen LogP contribution >= 0.6 is 11.3 Å². The summed E-state index contributed by atoms with van der Waals surface area (Å²) < 4.78 is 12.5. The monoisotopic (exact) mass is 441 g/mol. The molecule has 6 nitrogen and oxygen atoms in total. The second kappa shape index (κ2) is 7.29. The lowest BCUT2D eigenvalue weighted by atomic mass is 9.87. The van der Waals surface area contributed by atoms with Crippen molar-refractivity contribution in [3.05, 3.63) is 45.4 Å². The summed E-state index contributed by atoms with van der Waals surface area (Å²) in [5.74, 6) is 0.222. The van der Waals surface area contributed by atoms with Gasteiger partial charge in [-0.05, 0) is 73.1 Å². The number of hydrogen-bond donors (Lipinski definition) is 2. The molecule has 5 atom stereocenters. The van der Waals surface area contributed by atoms with Gasteiger partial charge in [0.15, 0.2) is 5.69 Å². The van der Waals surface area contributed by atoms with Gasteiger partial charge in [-0.3, -0.25) is 0 Å². The molecule has 1 aliphatic heterocycles. The van der Waals surface area contributed by atoms with Gasteiger partial charge in [0.2, 0.25) is 0 Å². The summed E-state index contributed by atoms with van der Waals surface area (Å²) in [4.78, 5) is 15.3. The van der Waals surface area contributed by atoms with Crippen LogP contribution in [0.25, 0.3) is 0 Å². The van der Waals surface area contributed by atoms with Crippen molar-refractivity contribution in [3.63, 3.8) is 0 Å². The zero-order valence-electron chi connectivity index (χ0n) is 17.3. The van der Waals surface area contributed by atoms with E-state index < -0.39 is 12.1 Å². The lowest BCUT2D eigenvalue weighted by Crippen LogP contribution is -2.33. The third-order valence-electron chi connectivity index (χ3n) is 7.93. The second-order valence-electron chi connectivity index (χ2n) is 9.66. The van der Waals surface area contributed by atoms with Crippen LogP contribution in [0.1, 0.15) is 71.3 Å². The number of aromatic carboxylic acids is 1. The minimum absolute atomic E-state index is 0.0331. The Kier molecular flexibility index (Phi) is 4.63. The van der Waals surface area contributed by atoms with Crippen LogP contribution < -0.4 is 4.74 Å². The van der Waals surface area contributed by atoms with Crippen molar-refractivity contribution < 1.29 is 24.5 Å². The Hall–Kier alpha value is -1.96. The molecule has 2 N–H and O–H groups in total. The number of aromatic nitrogens is 1. The van der Waals surface area contributed by atoms with Crippen LogP contribution in [0.4, 0.5) is 0 Å². The minimum Gasteiger partial charge on any atom is -0.493 e. The average molecular weight is 442 g/mol. The summed E-state index contributed by atoms with van der Waals surface area (Å²) in [5.41, 5.74) is 3.48. The molecule has 2 aromatic rings. The van der Waals surface area contributed by atoms with E-state index in [2.05, 4.69) is 23.2 Å². The van der Waals surface area contributed by atoms with E-state index >= 15 is 0 Å².